The lowest BCUT2D eigenvalue weighted by molar-refractivity contribution is 0.601. The lowest BCUT2D eigenvalue weighted by Gasteiger charge is -2.04. The minimum atomic E-state index is 0.692. The number of nitrogens with two attached hydrogens (primary N) is 1. The molecule has 0 spiro atoms. The van der Waals surface area contributed by atoms with E-state index < -0.39 is 0 Å². The highest BCUT2D eigenvalue weighted by molar-refractivity contribution is 7.99. The van der Waals surface area contributed by atoms with Gasteiger partial charge in [0.05, 0.1) is 11.4 Å². The summed E-state index contributed by atoms with van der Waals surface area (Å²) in [6, 6.07) is 0. The van der Waals surface area contributed by atoms with Crippen LogP contribution >= 0.6 is 11.8 Å². The molecule has 0 atom stereocenters. The zero-order valence-electron chi connectivity index (χ0n) is 10.1. The van der Waals surface area contributed by atoms with Gasteiger partial charge in [-0.3, -0.25) is 4.68 Å². The maximum Gasteiger partial charge on any atom is 0.193 e. The summed E-state index contributed by atoms with van der Waals surface area (Å²) in [5, 5.41) is 5.96. The summed E-state index contributed by atoms with van der Waals surface area (Å²) in [4.78, 5) is 8.51. The van der Waals surface area contributed by atoms with Crippen molar-refractivity contribution in [3.63, 3.8) is 0 Å². The molecule has 0 bridgehead atoms. The Bertz CT molecular complexity index is 517. The Morgan fingerprint density at radius 1 is 1.29 bits per heavy atom. The molecule has 0 aliphatic heterocycles. The van der Waals surface area contributed by atoms with Crippen molar-refractivity contribution >= 4 is 17.4 Å². The molecule has 0 unspecified atom stereocenters. The van der Waals surface area contributed by atoms with Crippen molar-refractivity contribution in [2.75, 3.05) is 5.73 Å². The van der Waals surface area contributed by atoms with Gasteiger partial charge in [0, 0.05) is 18.9 Å². The molecule has 2 rings (SSSR count). The molecule has 0 fully saturated rings. The van der Waals surface area contributed by atoms with Gasteiger partial charge in [0.2, 0.25) is 0 Å². The van der Waals surface area contributed by atoms with Gasteiger partial charge in [-0.15, -0.1) is 0 Å². The lowest BCUT2D eigenvalue weighted by Crippen LogP contribution is -2.00. The summed E-state index contributed by atoms with van der Waals surface area (Å²) in [6.45, 7) is 6.68. The Hall–Kier alpha value is -1.56. The molecule has 2 heterocycles. The van der Waals surface area contributed by atoms with E-state index in [0.717, 1.165) is 22.8 Å². The van der Waals surface area contributed by atoms with Gasteiger partial charge >= 0.3 is 0 Å². The number of aromatic nitrogens is 4. The van der Waals surface area contributed by atoms with Crippen molar-refractivity contribution in [2.24, 2.45) is 0 Å². The molecular weight excluding hydrogens is 234 g/mol. The number of anilines is 1. The summed E-state index contributed by atoms with van der Waals surface area (Å²) in [5.41, 5.74) is 8.60. The van der Waals surface area contributed by atoms with Crippen LogP contribution in [0.15, 0.2) is 22.6 Å². The average molecular weight is 249 g/mol. The fourth-order valence-electron chi connectivity index (χ4n) is 1.42. The molecule has 0 saturated heterocycles. The fourth-order valence-corrected chi connectivity index (χ4v) is 2.33. The van der Waals surface area contributed by atoms with Crippen molar-refractivity contribution in [1.82, 2.24) is 19.7 Å². The van der Waals surface area contributed by atoms with Crippen LogP contribution in [0.4, 0.5) is 5.69 Å². The van der Waals surface area contributed by atoms with Gasteiger partial charge < -0.3 is 5.73 Å². The lowest BCUT2D eigenvalue weighted by atomic mass is 10.4. The molecule has 0 aliphatic rings. The molecule has 6 heteroatoms. The Kier molecular flexibility index (Phi) is 3.33. The van der Waals surface area contributed by atoms with Gasteiger partial charge in [0.25, 0.3) is 0 Å². The maximum atomic E-state index is 6.00. The largest absolute Gasteiger partial charge is 0.395 e. The van der Waals surface area contributed by atoms with Crippen LogP contribution in [0.5, 0.6) is 0 Å². The second-order valence-electron chi connectivity index (χ2n) is 3.77. The monoisotopic (exact) mass is 249 g/mol. The number of nitrogens with zero attached hydrogens (tertiary/aromatic N) is 4. The molecule has 0 amide bonds. The van der Waals surface area contributed by atoms with E-state index in [0.29, 0.717) is 10.8 Å². The predicted molar refractivity (Wildman–Crippen MR) is 67.9 cm³/mol. The smallest absolute Gasteiger partial charge is 0.193 e. The van der Waals surface area contributed by atoms with E-state index in [-0.39, 0.29) is 0 Å². The Morgan fingerprint density at radius 3 is 2.53 bits per heavy atom. The number of hydrogen-bond donors (Lipinski definition) is 1. The zero-order valence-corrected chi connectivity index (χ0v) is 11.0. The first kappa shape index (κ1) is 11.9. The third kappa shape index (κ3) is 2.41. The first-order valence-electron chi connectivity index (χ1n) is 5.41. The van der Waals surface area contributed by atoms with Crippen LogP contribution < -0.4 is 5.73 Å². The van der Waals surface area contributed by atoms with E-state index in [9.17, 15) is 0 Å². The van der Waals surface area contributed by atoms with E-state index in [1.807, 2.05) is 25.5 Å². The third-order valence-corrected chi connectivity index (χ3v) is 3.39. The van der Waals surface area contributed by atoms with Gasteiger partial charge in [-0.05, 0) is 38.1 Å². The van der Waals surface area contributed by atoms with E-state index in [4.69, 9.17) is 5.73 Å². The normalized spacial score (nSPS) is 10.8. The molecule has 2 aromatic heterocycles. The quantitative estimate of drug-likeness (QED) is 0.843. The molecule has 2 N–H and O–H groups in total. The molecule has 0 saturated carbocycles. The van der Waals surface area contributed by atoms with Gasteiger partial charge in [-0.25, -0.2) is 9.97 Å². The van der Waals surface area contributed by atoms with Crippen LogP contribution in [-0.2, 0) is 6.54 Å². The molecule has 0 aliphatic carbocycles. The van der Waals surface area contributed by atoms with Crippen molar-refractivity contribution in [2.45, 2.75) is 37.5 Å². The highest BCUT2D eigenvalue weighted by Gasteiger charge is 2.13. The van der Waals surface area contributed by atoms with E-state index in [1.165, 1.54) is 11.8 Å². The minimum absolute atomic E-state index is 0.692. The number of nitrogen functional groups attached to an aromatic ring is 1. The van der Waals surface area contributed by atoms with Gasteiger partial charge in [0.1, 0.15) is 5.03 Å². The Balaban J connectivity index is 2.32. The first-order valence-corrected chi connectivity index (χ1v) is 6.22. The molecule has 0 radical (unpaired) electrons. The van der Waals surface area contributed by atoms with Crippen LogP contribution in [0.2, 0.25) is 0 Å². The molecular formula is C11H15N5S. The van der Waals surface area contributed by atoms with Crippen molar-refractivity contribution in [3.05, 3.63) is 23.7 Å². The number of rotatable bonds is 3. The number of aryl methyl sites for hydroxylation is 3. The zero-order chi connectivity index (χ0) is 12.4. The topological polar surface area (TPSA) is 69.6 Å². The number of hydrogen-bond acceptors (Lipinski definition) is 5. The SMILES string of the molecule is CCn1nc(C)c(N)c1Sc1ncc(C)cn1. The third-order valence-electron chi connectivity index (χ3n) is 2.37. The second kappa shape index (κ2) is 4.75. The summed E-state index contributed by atoms with van der Waals surface area (Å²) in [5.74, 6) is 0. The highest BCUT2D eigenvalue weighted by Crippen LogP contribution is 2.31. The summed E-state index contributed by atoms with van der Waals surface area (Å²) in [6.07, 6.45) is 3.59. The Labute approximate surface area is 104 Å². The molecule has 90 valence electrons. The van der Waals surface area contributed by atoms with Crippen molar-refractivity contribution in [3.8, 4) is 0 Å². The van der Waals surface area contributed by atoms with Crippen molar-refractivity contribution < 1.29 is 0 Å². The summed E-state index contributed by atoms with van der Waals surface area (Å²) in [7, 11) is 0. The maximum absolute atomic E-state index is 6.00. The molecule has 5 nitrogen and oxygen atoms in total. The van der Waals surface area contributed by atoms with Crippen LogP contribution in [-0.4, -0.2) is 19.7 Å². The first-order chi connectivity index (χ1) is 8.11. The van der Waals surface area contributed by atoms with E-state index in [1.54, 1.807) is 12.4 Å². The second-order valence-corrected chi connectivity index (χ2v) is 4.72. The molecule has 0 aromatic carbocycles. The average Bonchev–Trinajstić information content (AvgIpc) is 2.59. The minimum Gasteiger partial charge on any atom is -0.395 e. The Morgan fingerprint density at radius 2 is 1.94 bits per heavy atom. The standard InChI is InChI=1S/C11H15N5S/c1-4-16-10(9(12)8(3)15-16)17-11-13-5-7(2)6-14-11/h5-6H,4,12H2,1-3H3. The van der Waals surface area contributed by atoms with E-state index >= 15 is 0 Å². The summed E-state index contributed by atoms with van der Waals surface area (Å²) < 4.78 is 1.87. The van der Waals surface area contributed by atoms with Crippen LogP contribution in [0.3, 0.4) is 0 Å². The fraction of sp³-hybridized carbons (Fsp3) is 0.364. The van der Waals surface area contributed by atoms with Gasteiger partial charge in [-0.1, -0.05) is 0 Å². The van der Waals surface area contributed by atoms with Crippen LogP contribution in [0.25, 0.3) is 0 Å². The van der Waals surface area contributed by atoms with Gasteiger partial charge in [0.15, 0.2) is 5.16 Å². The molecule has 17 heavy (non-hydrogen) atoms. The van der Waals surface area contributed by atoms with Crippen molar-refractivity contribution in [1.29, 1.82) is 0 Å². The highest BCUT2D eigenvalue weighted by atomic mass is 32.2. The molecule has 2 aromatic rings. The van der Waals surface area contributed by atoms with E-state index in [2.05, 4.69) is 15.1 Å². The summed E-state index contributed by atoms with van der Waals surface area (Å²) >= 11 is 1.45. The van der Waals surface area contributed by atoms with Crippen LogP contribution in [0, 0.1) is 13.8 Å². The van der Waals surface area contributed by atoms with Crippen LogP contribution in [0.1, 0.15) is 18.2 Å². The van der Waals surface area contributed by atoms with Gasteiger partial charge in [-0.2, -0.15) is 5.10 Å². The predicted octanol–water partition coefficient (Wildman–Crippen LogP) is 2.04.